The predicted octanol–water partition coefficient (Wildman–Crippen LogP) is 2.01. The third kappa shape index (κ3) is 2.96. The Morgan fingerprint density at radius 3 is 2.82 bits per heavy atom. The predicted molar refractivity (Wildman–Crippen MR) is 89.5 cm³/mol. The van der Waals surface area contributed by atoms with Crippen molar-refractivity contribution < 1.29 is 8.42 Å². The molecule has 2 unspecified atom stereocenters. The van der Waals surface area contributed by atoms with E-state index in [1.54, 1.807) is 34.9 Å². The molecule has 0 bridgehead atoms. The summed E-state index contributed by atoms with van der Waals surface area (Å²) in [4.78, 5) is 4.40. The second-order valence-electron chi connectivity index (χ2n) is 5.65. The third-order valence-electron chi connectivity index (χ3n) is 4.19. The molecule has 0 spiro atoms. The summed E-state index contributed by atoms with van der Waals surface area (Å²) in [5, 5.41) is 1.55. The molecule has 1 aromatic heterocycles. The number of nitrogens with two attached hydrogens (primary N) is 1. The van der Waals surface area contributed by atoms with Gasteiger partial charge in [0.2, 0.25) is 10.0 Å². The Labute approximate surface area is 137 Å². The average Bonchev–Trinajstić information content (AvgIpc) is 2.49. The van der Waals surface area contributed by atoms with Crippen molar-refractivity contribution in [2.45, 2.75) is 24.3 Å². The van der Waals surface area contributed by atoms with E-state index in [1.165, 1.54) is 0 Å². The number of sulfonamides is 1. The van der Waals surface area contributed by atoms with Gasteiger partial charge in [-0.3, -0.25) is 4.98 Å². The van der Waals surface area contributed by atoms with Crippen molar-refractivity contribution in [3.8, 4) is 0 Å². The summed E-state index contributed by atoms with van der Waals surface area (Å²) < 4.78 is 27.4. The highest BCUT2D eigenvalue weighted by atomic mass is 35.5. The van der Waals surface area contributed by atoms with Crippen molar-refractivity contribution in [1.29, 1.82) is 0 Å². The van der Waals surface area contributed by atoms with Crippen LogP contribution < -0.4 is 5.73 Å². The summed E-state index contributed by atoms with van der Waals surface area (Å²) >= 11 is 0. The second-order valence-corrected chi connectivity index (χ2v) is 7.55. The summed E-state index contributed by atoms with van der Waals surface area (Å²) in [6.45, 7) is 2.96. The Bertz CT molecular complexity index is 761. The number of fused-ring (bicyclic) bond motifs is 1. The van der Waals surface area contributed by atoms with E-state index in [4.69, 9.17) is 5.73 Å². The van der Waals surface area contributed by atoms with Gasteiger partial charge in [-0.25, -0.2) is 8.42 Å². The standard InChI is InChI=1S/C15H19N3O2S.ClH/c1-11-10-18(8-6-14(11)16)21(19,20)15-4-2-3-12-9-17-7-5-13(12)15;/h2-5,7,9,11,14H,6,8,10,16H2,1H3;1H. The topological polar surface area (TPSA) is 76.3 Å². The normalized spacial score (nSPS) is 23.2. The van der Waals surface area contributed by atoms with E-state index in [0.29, 0.717) is 24.4 Å². The molecule has 3 rings (SSSR count). The summed E-state index contributed by atoms with van der Waals surface area (Å²) in [5.74, 6) is 0.171. The van der Waals surface area contributed by atoms with Gasteiger partial charge in [0.15, 0.2) is 0 Å². The molecule has 1 fully saturated rings. The summed E-state index contributed by atoms with van der Waals surface area (Å²) in [5.41, 5.74) is 5.98. The van der Waals surface area contributed by atoms with Gasteiger partial charge in [-0.05, 0) is 24.5 Å². The molecule has 2 atom stereocenters. The Morgan fingerprint density at radius 2 is 2.09 bits per heavy atom. The molecule has 1 saturated heterocycles. The molecule has 22 heavy (non-hydrogen) atoms. The number of pyridine rings is 1. The fourth-order valence-corrected chi connectivity index (χ4v) is 4.57. The van der Waals surface area contributed by atoms with Gasteiger partial charge in [0.05, 0.1) is 4.90 Å². The molecular formula is C15H20ClN3O2S. The SMILES string of the molecule is CC1CN(S(=O)(=O)c2cccc3cnccc23)CCC1N.Cl. The zero-order chi connectivity index (χ0) is 15.0. The van der Waals surface area contributed by atoms with Gasteiger partial charge in [0.25, 0.3) is 0 Å². The van der Waals surface area contributed by atoms with Crippen LogP contribution in [0.3, 0.4) is 0 Å². The first-order valence-corrected chi connectivity index (χ1v) is 8.52. The molecule has 0 saturated carbocycles. The number of aromatic nitrogens is 1. The van der Waals surface area contributed by atoms with Crippen LogP contribution in [0.1, 0.15) is 13.3 Å². The van der Waals surface area contributed by atoms with E-state index >= 15 is 0 Å². The summed E-state index contributed by atoms with van der Waals surface area (Å²) in [7, 11) is -3.49. The maximum atomic E-state index is 12.9. The van der Waals surface area contributed by atoms with Crippen molar-refractivity contribution in [3.05, 3.63) is 36.7 Å². The van der Waals surface area contributed by atoms with E-state index < -0.39 is 10.0 Å². The lowest BCUT2D eigenvalue weighted by Gasteiger charge is -2.34. The molecule has 0 amide bonds. The molecule has 2 aromatic rings. The first-order valence-electron chi connectivity index (χ1n) is 7.08. The van der Waals surface area contributed by atoms with Gasteiger partial charge in [0.1, 0.15) is 0 Å². The first kappa shape index (κ1) is 17.1. The number of piperidine rings is 1. The average molecular weight is 342 g/mol. The number of halogens is 1. The molecule has 1 aliphatic rings. The van der Waals surface area contributed by atoms with Crippen LogP contribution in [0.2, 0.25) is 0 Å². The Balaban J connectivity index is 0.00000176. The maximum Gasteiger partial charge on any atom is 0.243 e. The molecule has 1 aromatic carbocycles. The third-order valence-corrected chi connectivity index (χ3v) is 6.12. The van der Waals surface area contributed by atoms with Crippen LogP contribution in [0.4, 0.5) is 0 Å². The van der Waals surface area contributed by atoms with E-state index in [1.807, 2.05) is 13.0 Å². The highest BCUT2D eigenvalue weighted by Crippen LogP contribution is 2.28. The van der Waals surface area contributed by atoms with Crippen molar-refractivity contribution >= 4 is 33.2 Å². The van der Waals surface area contributed by atoms with E-state index in [2.05, 4.69) is 4.98 Å². The highest BCUT2D eigenvalue weighted by Gasteiger charge is 2.32. The fourth-order valence-electron chi connectivity index (χ4n) is 2.80. The van der Waals surface area contributed by atoms with Crippen LogP contribution in [0.5, 0.6) is 0 Å². The van der Waals surface area contributed by atoms with Crippen LogP contribution >= 0.6 is 12.4 Å². The summed E-state index contributed by atoms with van der Waals surface area (Å²) in [6.07, 6.45) is 4.01. The quantitative estimate of drug-likeness (QED) is 0.906. The minimum absolute atomic E-state index is 0. The molecule has 120 valence electrons. The van der Waals surface area contributed by atoms with Gasteiger partial charge in [-0.15, -0.1) is 12.4 Å². The van der Waals surface area contributed by atoms with Crippen molar-refractivity contribution in [2.24, 2.45) is 11.7 Å². The molecule has 1 aliphatic heterocycles. The lowest BCUT2D eigenvalue weighted by molar-refractivity contribution is 0.250. The monoisotopic (exact) mass is 341 g/mol. The lowest BCUT2D eigenvalue weighted by atomic mass is 9.96. The number of benzene rings is 1. The van der Waals surface area contributed by atoms with Crippen LogP contribution in [-0.4, -0.2) is 36.8 Å². The summed E-state index contributed by atoms with van der Waals surface area (Å²) in [6, 6.07) is 7.12. The zero-order valence-corrected chi connectivity index (χ0v) is 14.0. The maximum absolute atomic E-state index is 12.9. The largest absolute Gasteiger partial charge is 0.327 e. The van der Waals surface area contributed by atoms with Crippen LogP contribution in [0.15, 0.2) is 41.6 Å². The molecule has 5 nitrogen and oxygen atoms in total. The van der Waals surface area contributed by atoms with Gasteiger partial charge in [-0.1, -0.05) is 19.1 Å². The molecule has 0 radical (unpaired) electrons. The van der Waals surface area contributed by atoms with Crippen LogP contribution in [0, 0.1) is 5.92 Å². The van der Waals surface area contributed by atoms with Crippen molar-refractivity contribution in [3.63, 3.8) is 0 Å². The van der Waals surface area contributed by atoms with Gasteiger partial charge in [-0.2, -0.15) is 4.31 Å². The molecule has 7 heteroatoms. The number of hydrogen-bond acceptors (Lipinski definition) is 4. The van der Waals surface area contributed by atoms with Crippen molar-refractivity contribution in [2.75, 3.05) is 13.1 Å². The van der Waals surface area contributed by atoms with Gasteiger partial charge < -0.3 is 5.73 Å². The number of hydrogen-bond donors (Lipinski definition) is 1. The smallest absolute Gasteiger partial charge is 0.243 e. The molecule has 2 N–H and O–H groups in total. The fraction of sp³-hybridized carbons (Fsp3) is 0.400. The van der Waals surface area contributed by atoms with Crippen molar-refractivity contribution in [1.82, 2.24) is 9.29 Å². The zero-order valence-electron chi connectivity index (χ0n) is 12.3. The first-order chi connectivity index (χ1) is 10.00. The molecule has 0 aliphatic carbocycles. The number of rotatable bonds is 2. The Hall–Kier alpha value is -1.21. The highest BCUT2D eigenvalue weighted by molar-refractivity contribution is 7.89. The lowest BCUT2D eigenvalue weighted by Crippen LogP contribution is -2.48. The minimum Gasteiger partial charge on any atom is -0.327 e. The Morgan fingerprint density at radius 1 is 1.32 bits per heavy atom. The Kier molecular flexibility index (Phi) is 5.07. The van der Waals surface area contributed by atoms with Gasteiger partial charge in [0, 0.05) is 42.3 Å². The van der Waals surface area contributed by atoms with Crippen LogP contribution in [-0.2, 0) is 10.0 Å². The second kappa shape index (κ2) is 6.50. The van der Waals surface area contributed by atoms with E-state index in [9.17, 15) is 8.42 Å². The van der Waals surface area contributed by atoms with Crippen LogP contribution in [0.25, 0.3) is 10.8 Å². The number of nitrogens with zero attached hydrogens (tertiary/aromatic N) is 2. The molecule has 2 heterocycles. The van der Waals surface area contributed by atoms with E-state index in [0.717, 1.165) is 10.8 Å². The molecular weight excluding hydrogens is 322 g/mol. The minimum atomic E-state index is -3.49. The van der Waals surface area contributed by atoms with Gasteiger partial charge >= 0.3 is 0 Å². The van der Waals surface area contributed by atoms with E-state index in [-0.39, 0.29) is 24.4 Å².